The van der Waals surface area contributed by atoms with Crippen LogP contribution in [-0.4, -0.2) is 22.5 Å². The Bertz CT molecular complexity index is 972. The molecule has 3 unspecified atom stereocenters. The van der Waals surface area contributed by atoms with Gasteiger partial charge in [0.2, 0.25) is 0 Å². The van der Waals surface area contributed by atoms with Crippen LogP contribution in [-0.2, 0) is 10.8 Å². The maximum absolute atomic E-state index is 11.6. The molecule has 5 heteroatoms. The van der Waals surface area contributed by atoms with Crippen LogP contribution >= 0.6 is 0 Å². The third-order valence-corrected chi connectivity index (χ3v) is 6.22. The first-order valence-corrected chi connectivity index (χ1v) is 11.1. The lowest BCUT2D eigenvalue weighted by Crippen LogP contribution is -2.30. The van der Waals surface area contributed by atoms with Crippen LogP contribution in [0.1, 0.15) is 24.8 Å². The summed E-state index contributed by atoms with van der Waals surface area (Å²) in [6, 6.07) is 7.62. The molecule has 0 amide bonds. The summed E-state index contributed by atoms with van der Waals surface area (Å²) in [5.74, 6) is 4.92. The molecule has 0 radical (unpaired) electrons. The molecule has 0 aromatic heterocycles. The third-order valence-electron chi connectivity index (χ3n) is 5.29. The fraction of sp³-hybridized carbons (Fsp3) is 0.304. The molecule has 1 aliphatic carbocycles. The Morgan fingerprint density at radius 3 is 2.68 bits per heavy atom. The van der Waals surface area contributed by atoms with Gasteiger partial charge in [-0.2, -0.15) is 0 Å². The summed E-state index contributed by atoms with van der Waals surface area (Å²) in [6.45, 7) is 0. The molecule has 1 fully saturated rings. The predicted octanol–water partition coefficient (Wildman–Crippen LogP) is 3.91. The molecule has 2 heterocycles. The largest absolute Gasteiger partial charge is 0.346 e. The highest BCUT2D eigenvalue weighted by molar-refractivity contribution is 7.84. The van der Waals surface area contributed by atoms with Gasteiger partial charge in [0.05, 0.1) is 11.6 Å². The average molecular weight is 390 g/mol. The molecule has 1 aromatic rings. The van der Waals surface area contributed by atoms with Gasteiger partial charge in [-0.15, -0.1) is 6.42 Å². The summed E-state index contributed by atoms with van der Waals surface area (Å²) in [5, 5.41) is 3.45. The molecule has 0 bridgehead atoms. The van der Waals surface area contributed by atoms with E-state index in [9.17, 15) is 4.21 Å². The number of rotatable bonds is 4. The zero-order valence-corrected chi connectivity index (χ0v) is 16.7. The molecule has 28 heavy (non-hydrogen) atoms. The summed E-state index contributed by atoms with van der Waals surface area (Å²) >= 11 is 0. The van der Waals surface area contributed by atoms with E-state index in [1.54, 1.807) is 12.5 Å². The van der Waals surface area contributed by atoms with Crippen molar-refractivity contribution in [2.75, 3.05) is 6.26 Å². The van der Waals surface area contributed by atoms with Crippen molar-refractivity contribution in [3.05, 3.63) is 60.0 Å². The molecule has 1 N–H and O–H groups in total. The Labute approximate surface area is 168 Å². The van der Waals surface area contributed by atoms with Gasteiger partial charge in [-0.25, -0.2) is 4.99 Å². The fourth-order valence-electron chi connectivity index (χ4n) is 3.48. The van der Waals surface area contributed by atoms with Gasteiger partial charge in [-0.3, -0.25) is 9.20 Å². The third kappa shape index (κ3) is 4.23. The molecular formula is C23H23N3OS. The lowest BCUT2D eigenvalue weighted by Gasteiger charge is -2.20. The number of hydrogen-bond acceptors (Lipinski definition) is 4. The number of amidine groups is 1. The standard InChI is InChI=1S/C23H23N3OS/c1-3-16-15-25-21(18-6-8-20(9-7-18)28(2)27)10-11-22(16)26-23-14-19(12-13-24-23)17-4-5-17/h1,6-13,15-17,19H,4-5,14H2,2H3,(H,24,26). The van der Waals surface area contributed by atoms with E-state index < -0.39 is 10.8 Å². The molecule has 3 atom stereocenters. The maximum atomic E-state index is 11.6. The van der Waals surface area contributed by atoms with Gasteiger partial charge in [0.1, 0.15) is 5.84 Å². The first-order valence-electron chi connectivity index (χ1n) is 9.50. The van der Waals surface area contributed by atoms with Crippen molar-refractivity contribution < 1.29 is 4.21 Å². The van der Waals surface area contributed by atoms with E-state index in [1.165, 1.54) is 12.8 Å². The highest BCUT2D eigenvalue weighted by Crippen LogP contribution is 2.40. The van der Waals surface area contributed by atoms with E-state index in [-0.39, 0.29) is 5.92 Å². The van der Waals surface area contributed by atoms with Gasteiger partial charge in [-0.1, -0.05) is 24.1 Å². The molecular weight excluding hydrogens is 366 g/mol. The summed E-state index contributed by atoms with van der Waals surface area (Å²) in [4.78, 5) is 9.90. The topological polar surface area (TPSA) is 53.8 Å². The SMILES string of the molecule is C#CC1C=NC(c2ccc(S(C)=O)cc2)=CC=C1NC1=NC=CC(C2CC2)C1. The Morgan fingerprint density at radius 1 is 1.21 bits per heavy atom. The van der Waals surface area contributed by atoms with Crippen molar-refractivity contribution in [1.29, 1.82) is 0 Å². The Morgan fingerprint density at radius 2 is 2.00 bits per heavy atom. The molecule has 142 valence electrons. The average Bonchev–Trinajstić information content (AvgIpc) is 3.56. The van der Waals surface area contributed by atoms with Crippen LogP contribution in [0, 0.1) is 30.1 Å². The first-order chi connectivity index (χ1) is 13.6. The van der Waals surface area contributed by atoms with Gasteiger partial charge in [0.25, 0.3) is 0 Å². The molecule has 4 rings (SSSR count). The highest BCUT2D eigenvalue weighted by Gasteiger charge is 2.31. The molecule has 1 aromatic carbocycles. The highest BCUT2D eigenvalue weighted by atomic mass is 32.2. The van der Waals surface area contributed by atoms with Crippen molar-refractivity contribution in [1.82, 2.24) is 5.32 Å². The van der Waals surface area contributed by atoms with Crippen molar-refractivity contribution in [2.24, 2.45) is 27.7 Å². The van der Waals surface area contributed by atoms with Crippen molar-refractivity contribution in [3.8, 4) is 12.3 Å². The Balaban J connectivity index is 1.54. The minimum atomic E-state index is -0.990. The second-order valence-corrected chi connectivity index (χ2v) is 8.70. The molecule has 4 nitrogen and oxygen atoms in total. The summed E-state index contributed by atoms with van der Waals surface area (Å²) < 4.78 is 11.6. The van der Waals surface area contributed by atoms with Crippen LogP contribution in [0.15, 0.2) is 69.3 Å². The van der Waals surface area contributed by atoms with Gasteiger partial charge in [0.15, 0.2) is 0 Å². The number of nitrogens with zero attached hydrogens (tertiary/aromatic N) is 2. The Hall–Kier alpha value is -2.71. The zero-order chi connectivity index (χ0) is 19.5. The van der Waals surface area contributed by atoms with Crippen LogP contribution in [0.3, 0.4) is 0 Å². The molecule has 0 saturated heterocycles. The molecule has 3 aliphatic rings. The lowest BCUT2D eigenvalue weighted by atomic mass is 9.97. The number of aliphatic imine (C=N–C) groups is 2. The van der Waals surface area contributed by atoms with Crippen molar-refractivity contribution in [2.45, 2.75) is 24.2 Å². The summed E-state index contributed by atoms with van der Waals surface area (Å²) in [7, 11) is -0.990. The van der Waals surface area contributed by atoms with E-state index in [0.29, 0.717) is 5.92 Å². The molecule has 0 spiro atoms. The van der Waals surface area contributed by atoms with Crippen molar-refractivity contribution >= 4 is 28.5 Å². The quantitative estimate of drug-likeness (QED) is 0.794. The number of benzene rings is 1. The normalized spacial score (nSPS) is 25.1. The number of hydrogen-bond donors (Lipinski definition) is 1. The van der Waals surface area contributed by atoms with E-state index >= 15 is 0 Å². The van der Waals surface area contributed by atoms with Gasteiger partial charge < -0.3 is 5.32 Å². The van der Waals surface area contributed by atoms with Gasteiger partial charge in [-0.05, 0) is 49.0 Å². The summed E-state index contributed by atoms with van der Waals surface area (Å²) in [5.41, 5.74) is 2.70. The predicted molar refractivity (Wildman–Crippen MR) is 116 cm³/mol. The van der Waals surface area contributed by atoms with E-state index in [0.717, 1.165) is 40.0 Å². The monoisotopic (exact) mass is 389 g/mol. The van der Waals surface area contributed by atoms with E-state index in [1.807, 2.05) is 42.6 Å². The maximum Gasteiger partial charge on any atom is 0.106 e. The van der Waals surface area contributed by atoms with Crippen molar-refractivity contribution in [3.63, 3.8) is 0 Å². The smallest absolute Gasteiger partial charge is 0.106 e. The van der Waals surface area contributed by atoms with Crippen LogP contribution in [0.5, 0.6) is 0 Å². The fourth-order valence-corrected chi connectivity index (χ4v) is 4.00. The lowest BCUT2D eigenvalue weighted by molar-refractivity contribution is 0.578. The Kier molecular flexibility index (Phi) is 5.40. The number of nitrogens with one attached hydrogen (secondary N) is 1. The zero-order valence-electron chi connectivity index (χ0n) is 15.8. The second-order valence-electron chi connectivity index (χ2n) is 7.32. The van der Waals surface area contributed by atoms with Crippen LogP contribution < -0.4 is 5.32 Å². The molecule has 2 aliphatic heterocycles. The van der Waals surface area contributed by atoms with Crippen LogP contribution in [0.2, 0.25) is 0 Å². The summed E-state index contributed by atoms with van der Waals surface area (Å²) in [6.07, 6.45) is 20.9. The second kappa shape index (κ2) is 8.12. The van der Waals surface area contributed by atoms with Crippen LogP contribution in [0.25, 0.3) is 5.70 Å². The van der Waals surface area contributed by atoms with Gasteiger partial charge in [0, 0.05) is 52.0 Å². The minimum Gasteiger partial charge on any atom is -0.346 e. The molecule has 1 saturated carbocycles. The van der Waals surface area contributed by atoms with Crippen LogP contribution in [0.4, 0.5) is 0 Å². The van der Waals surface area contributed by atoms with E-state index in [2.05, 4.69) is 27.3 Å². The minimum absolute atomic E-state index is 0.232. The number of allylic oxidation sites excluding steroid dienone is 4. The number of terminal acetylenes is 1. The van der Waals surface area contributed by atoms with Gasteiger partial charge >= 0.3 is 0 Å². The first kappa shape index (κ1) is 18.6. The van der Waals surface area contributed by atoms with E-state index in [4.69, 9.17) is 6.42 Å².